The summed E-state index contributed by atoms with van der Waals surface area (Å²) >= 11 is 0. The molecule has 15 nitrogen and oxygen atoms in total. The zero-order chi connectivity index (χ0) is 30.8. The van der Waals surface area contributed by atoms with Crippen LogP contribution in [0.3, 0.4) is 0 Å². The van der Waals surface area contributed by atoms with E-state index in [1.165, 1.54) is 23.5 Å². The van der Waals surface area contributed by atoms with Crippen molar-refractivity contribution in [2.75, 3.05) is 31.6 Å². The topological polar surface area (TPSA) is 233 Å². The number of hydrogen-bond donors (Lipinski definition) is 9. The van der Waals surface area contributed by atoms with Gasteiger partial charge < -0.3 is 45.8 Å². The van der Waals surface area contributed by atoms with E-state index in [0.717, 1.165) is 0 Å². The molecule has 2 aromatic carbocycles. The Morgan fingerprint density at radius 1 is 0.976 bits per heavy atom. The number of carbonyl (C=O) groups is 3. The molecule has 9 N–H and O–H groups in total. The molecule has 5 rings (SSSR count). The van der Waals surface area contributed by atoms with Gasteiger partial charge in [-0.15, -0.1) is 0 Å². The van der Waals surface area contributed by atoms with Crippen LogP contribution in [-0.4, -0.2) is 114 Å². The lowest BCUT2D eigenvalue weighted by Gasteiger charge is -2.52. The van der Waals surface area contributed by atoms with Crippen molar-refractivity contribution in [3.05, 3.63) is 46.3 Å². The average molecular weight is 588 g/mol. The second-order valence-electron chi connectivity index (χ2n) is 10.2. The normalized spacial score (nSPS) is 25.8. The Morgan fingerprint density at radius 2 is 1.64 bits per heavy atom. The lowest BCUT2D eigenvalue weighted by atomic mass is 9.63. The van der Waals surface area contributed by atoms with Crippen LogP contribution in [-0.2, 0) is 34.0 Å². The van der Waals surface area contributed by atoms with Crippen LogP contribution in [0.25, 0.3) is 0 Å². The van der Waals surface area contributed by atoms with Crippen LogP contribution >= 0.6 is 0 Å². The third-order valence-corrected chi connectivity index (χ3v) is 7.78. The summed E-state index contributed by atoms with van der Waals surface area (Å²) in [6, 6.07) is 4.08. The monoisotopic (exact) mass is 588 g/mol. The molecular formula is C25H26BFN4O11. The number of amides is 3. The maximum atomic E-state index is 15.0. The van der Waals surface area contributed by atoms with Gasteiger partial charge in [0, 0.05) is 43.0 Å². The summed E-state index contributed by atoms with van der Waals surface area (Å²) in [7, 11) is 5.50. The molecule has 2 atom stereocenters. The minimum atomic E-state index is -3.89. The Kier molecular flexibility index (Phi) is 7.08. The number of benzene rings is 2. The van der Waals surface area contributed by atoms with Gasteiger partial charge in [0.15, 0.2) is 17.3 Å². The molecule has 3 amide bonds. The van der Waals surface area contributed by atoms with Crippen LogP contribution < -0.4 is 10.6 Å². The molecule has 3 heterocycles. The lowest BCUT2D eigenvalue weighted by molar-refractivity contribution is -0.302. The summed E-state index contributed by atoms with van der Waals surface area (Å²) in [6.45, 7) is 0.582. The van der Waals surface area contributed by atoms with E-state index < -0.39 is 76.5 Å². The smallest absolute Gasteiger partial charge is 0.289 e. The quantitative estimate of drug-likeness (QED) is 0.0548. The molecule has 2 radical (unpaired) electrons. The van der Waals surface area contributed by atoms with Crippen molar-refractivity contribution < 1.29 is 59.3 Å². The van der Waals surface area contributed by atoms with Crippen LogP contribution in [0.15, 0.2) is 18.2 Å². The predicted octanol–water partition coefficient (Wildman–Crippen LogP) is -2.77. The number of rotatable bonds is 6. The molecule has 2 aromatic rings. The molecule has 17 heteroatoms. The van der Waals surface area contributed by atoms with Gasteiger partial charge >= 0.3 is 0 Å². The van der Waals surface area contributed by atoms with Gasteiger partial charge in [0.05, 0.1) is 30.9 Å². The summed E-state index contributed by atoms with van der Waals surface area (Å²) in [5, 5.41) is 77.6. The van der Waals surface area contributed by atoms with Gasteiger partial charge in [-0.1, -0.05) is 6.07 Å². The Balaban J connectivity index is 1.45. The SMILES string of the molecule is [B]C1(O)C(O)(O)C(=O)NC(=O)C1(O)N1Cc2c(NCc3c(O)c(CN4CCOCC4)c(O)c(O)c3F)cccc2C1=O. The van der Waals surface area contributed by atoms with Crippen molar-refractivity contribution in [2.24, 2.45) is 0 Å². The average Bonchev–Trinajstić information content (AvgIpc) is 3.30. The number of anilines is 1. The third-order valence-electron chi connectivity index (χ3n) is 7.78. The number of aliphatic hydroxyl groups is 4. The van der Waals surface area contributed by atoms with Crippen molar-refractivity contribution in [3.8, 4) is 17.2 Å². The molecule has 3 aliphatic heterocycles. The molecule has 2 saturated heterocycles. The van der Waals surface area contributed by atoms with E-state index >= 15 is 4.39 Å². The lowest BCUT2D eigenvalue weighted by Crippen LogP contribution is -2.86. The van der Waals surface area contributed by atoms with Crippen LogP contribution in [0, 0.1) is 5.82 Å². The predicted molar refractivity (Wildman–Crippen MR) is 137 cm³/mol. The van der Waals surface area contributed by atoms with E-state index in [1.54, 1.807) is 0 Å². The van der Waals surface area contributed by atoms with Gasteiger partial charge in [0.25, 0.3) is 23.5 Å². The fourth-order valence-corrected chi connectivity index (χ4v) is 5.22. The molecule has 2 fully saturated rings. The minimum Gasteiger partial charge on any atom is -0.507 e. The molecule has 42 heavy (non-hydrogen) atoms. The van der Waals surface area contributed by atoms with Crippen molar-refractivity contribution in [1.82, 2.24) is 15.1 Å². The van der Waals surface area contributed by atoms with Crippen LogP contribution in [0.4, 0.5) is 10.1 Å². The minimum absolute atomic E-state index is 0.0194. The third kappa shape index (κ3) is 4.16. The molecular weight excluding hydrogens is 562 g/mol. The highest BCUT2D eigenvalue weighted by atomic mass is 19.1. The van der Waals surface area contributed by atoms with Gasteiger partial charge in [0.1, 0.15) is 19.1 Å². The summed E-state index contributed by atoms with van der Waals surface area (Å²) in [4.78, 5) is 39.9. The van der Waals surface area contributed by atoms with Crippen LogP contribution in [0.1, 0.15) is 27.0 Å². The first-order valence-corrected chi connectivity index (χ1v) is 12.6. The van der Waals surface area contributed by atoms with E-state index in [2.05, 4.69) is 5.32 Å². The largest absolute Gasteiger partial charge is 0.507 e. The Morgan fingerprint density at radius 3 is 2.31 bits per heavy atom. The van der Waals surface area contributed by atoms with Crippen molar-refractivity contribution in [2.45, 2.75) is 36.6 Å². The number of aromatic hydroxyl groups is 3. The summed E-state index contributed by atoms with van der Waals surface area (Å²) in [6.07, 6.45) is 0. The number of piperidine rings is 1. The van der Waals surface area contributed by atoms with E-state index in [1.807, 2.05) is 4.90 Å². The highest BCUT2D eigenvalue weighted by Gasteiger charge is 2.73. The molecule has 0 aliphatic carbocycles. The highest BCUT2D eigenvalue weighted by molar-refractivity contribution is 6.25. The first kappa shape index (κ1) is 29.5. The number of phenols is 3. The zero-order valence-electron chi connectivity index (χ0n) is 21.8. The van der Waals surface area contributed by atoms with Gasteiger partial charge in [-0.3, -0.25) is 29.5 Å². The van der Waals surface area contributed by atoms with Gasteiger partial charge in [-0.2, -0.15) is 0 Å². The second kappa shape index (κ2) is 10.1. The number of morpholine rings is 1. The van der Waals surface area contributed by atoms with E-state index in [-0.39, 0.29) is 28.9 Å². The molecule has 0 bridgehead atoms. The number of carbonyl (C=O) groups excluding carboxylic acids is 3. The summed E-state index contributed by atoms with van der Waals surface area (Å²) in [5.41, 5.74) is -7.81. The molecule has 0 saturated carbocycles. The summed E-state index contributed by atoms with van der Waals surface area (Å²) in [5.74, 6) is -12.3. The first-order chi connectivity index (χ1) is 19.6. The second-order valence-corrected chi connectivity index (χ2v) is 10.2. The van der Waals surface area contributed by atoms with Crippen LogP contribution in [0.2, 0.25) is 0 Å². The molecule has 2 unspecified atom stereocenters. The van der Waals surface area contributed by atoms with Gasteiger partial charge in [-0.05, 0) is 12.1 Å². The Bertz CT molecular complexity index is 1500. The number of hydrogen-bond acceptors (Lipinski definition) is 13. The molecule has 0 aromatic heterocycles. The maximum Gasteiger partial charge on any atom is 0.289 e. The standard InChI is InChI=1S/C25H26BFN4O11/c26-25(41)23(38,21(36)29-22(37)24(25,39)40)31-10-13-11(20(31)35)2-1-3-15(13)28-8-12-16(27)19(34)18(33)14(17(12)32)9-30-4-6-42-7-5-30/h1-3,28,32-34,38-41H,4-10H2,(H,29,36,37). The molecule has 0 spiro atoms. The first-order valence-electron chi connectivity index (χ1n) is 12.6. The number of fused-ring (bicyclic) bond motifs is 1. The fraction of sp³-hybridized carbons (Fsp3) is 0.400. The van der Waals surface area contributed by atoms with Crippen molar-refractivity contribution in [3.63, 3.8) is 0 Å². The Hall–Kier alpha value is -4.00. The number of nitrogens with zero attached hydrogens (tertiary/aromatic N) is 2. The maximum absolute atomic E-state index is 15.0. The number of ether oxygens (including phenoxy) is 1. The Labute approximate surface area is 237 Å². The number of imide groups is 1. The number of phenolic OH excluding ortho intramolecular Hbond substituents is 3. The molecule has 222 valence electrons. The van der Waals surface area contributed by atoms with Crippen molar-refractivity contribution in [1.29, 1.82) is 0 Å². The summed E-state index contributed by atoms with van der Waals surface area (Å²) < 4.78 is 20.3. The van der Waals surface area contributed by atoms with Crippen molar-refractivity contribution >= 4 is 31.3 Å². The van der Waals surface area contributed by atoms with Gasteiger partial charge in [0.2, 0.25) is 5.72 Å². The van der Waals surface area contributed by atoms with Gasteiger partial charge in [-0.25, -0.2) is 4.39 Å². The van der Waals surface area contributed by atoms with Crippen LogP contribution in [0.5, 0.6) is 17.2 Å². The van der Waals surface area contributed by atoms with E-state index in [9.17, 15) is 50.1 Å². The van der Waals surface area contributed by atoms with E-state index in [0.29, 0.717) is 31.2 Å². The van der Waals surface area contributed by atoms with E-state index in [4.69, 9.17) is 12.6 Å². The molecule has 3 aliphatic rings. The number of halogens is 1. The number of nitrogens with one attached hydrogen (secondary N) is 2. The zero-order valence-corrected chi connectivity index (χ0v) is 21.8. The fourth-order valence-electron chi connectivity index (χ4n) is 5.22. The highest BCUT2D eigenvalue weighted by Crippen LogP contribution is 2.44.